The Hall–Kier alpha value is -2.06. The van der Waals surface area contributed by atoms with Crippen LogP contribution in [0.25, 0.3) is 0 Å². The lowest BCUT2D eigenvalue weighted by Gasteiger charge is -2.15. The predicted molar refractivity (Wildman–Crippen MR) is 67.8 cm³/mol. The van der Waals surface area contributed by atoms with Crippen molar-refractivity contribution in [3.63, 3.8) is 0 Å². The third-order valence-corrected chi connectivity index (χ3v) is 2.34. The molecule has 1 atom stereocenters. The Labute approximate surface area is 114 Å². The SMILES string of the molecule is CCCNC(=O)C(C)Nc1cc(C(F)(F)F)nc(N)n1. The van der Waals surface area contributed by atoms with Crippen molar-refractivity contribution in [1.29, 1.82) is 0 Å². The van der Waals surface area contributed by atoms with Crippen LogP contribution in [0.3, 0.4) is 0 Å². The average Bonchev–Trinajstić information content (AvgIpc) is 2.34. The number of alkyl halides is 3. The lowest BCUT2D eigenvalue weighted by atomic mass is 10.3. The van der Waals surface area contributed by atoms with E-state index < -0.39 is 23.9 Å². The number of carbonyl (C=O) groups is 1. The maximum absolute atomic E-state index is 12.6. The van der Waals surface area contributed by atoms with Crippen molar-refractivity contribution < 1.29 is 18.0 Å². The van der Waals surface area contributed by atoms with Crippen LogP contribution in [-0.2, 0) is 11.0 Å². The Bertz CT molecular complexity index is 478. The summed E-state index contributed by atoms with van der Waals surface area (Å²) in [6.07, 6.45) is -3.86. The molecule has 1 rings (SSSR count). The second-order valence-electron chi connectivity index (χ2n) is 4.15. The molecule has 0 bridgehead atoms. The van der Waals surface area contributed by atoms with Crippen LogP contribution >= 0.6 is 0 Å². The van der Waals surface area contributed by atoms with Crippen molar-refractivity contribution >= 4 is 17.7 Å². The van der Waals surface area contributed by atoms with Gasteiger partial charge in [-0.05, 0) is 13.3 Å². The number of nitrogens with zero attached hydrogens (tertiary/aromatic N) is 2. The minimum absolute atomic E-state index is 0.149. The number of nitrogen functional groups attached to an aromatic ring is 1. The number of hydrogen-bond acceptors (Lipinski definition) is 5. The van der Waals surface area contributed by atoms with Crippen molar-refractivity contribution in [3.05, 3.63) is 11.8 Å². The summed E-state index contributed by atoms with van der Waals surface area (Å²) in [6, 6.07) is -0.0307. The molecule has 0 spiro atoms. The molecule has 4 N–H and O–H groups in total. The molecule has 6 nitrogen and oxygen atoms in total. The minimum atomic E-state index is -4.62. The Morgan fingerprint density at radius 2 is 2.10 bits per heavy atom. The fourth-order valence-corrected chi connectivity index (χ4v) is 1.37. The maximum Gasteiger partial charge on any atom is 0.433 e. The first-order valence-electron chi connectivity index (χ1n) is 6.00. The van der Waals surface area contributed by atoms with Crippen LogP contribution < -0.4 is 16.4 Å². The molecule has 1 aromatic heterocycles. The van der Waals surface area contributed by atoms with Gasteiger partial charge in [-0.2, -0.15) is 18.2 Å². The lowest BCUT2D eigenvalue weighted by Crippen LogP contribution is -2.38. The van der Waals surface area contributed by atoms with Crippen LogP contribution in [0.5, 0.6) is 0 Å². The van der Waals surface area contributed by atoms with Crippen molar-refractivity contribution in [2.24, 2.45) is 0 Å². The van der Waals surface area contributed by atoms with E-state index in [9.17, 15) is 18.0 Å². The van der Waals surface area contributed by atoms with Crippen LogP contribution in [0.2, 0.25) is 0 Å². The number of halogens is 3. The third-order valence-electron chi connectivity index (χ3n) is 2.34. The maximum atomic E-state index is 12.6. The predicted octanol–water partition coefficient (Wildman–Crippen LogP) is 1.40. The zero-order chi connectivity index (χ0) is 15.3. The molecular weight excluding hydrogens is 275 g/mol. The highest BCUT2D eigenvalue weighted by molar-refractivity contribution is 5.83. The third kappa shape index (κ3) is 4.56. The highest BCUT2D eigenvalue weighted by Crippen LogP contribution is 2.29. The van der Waals surface area contributed by atoms with Crippen molar-refractivity contribution in [2.45, 2.75) is 32.5 Å². The first kappa shape index (κ1) is 16.0. The van der Waals surface area contributed by atoms with E-state index in [0.29, 0.717) is 12.6 Å². The van der Waals surface area contributed by atoms with Crippen molar-refractivity contribution in [3.8, 4) is 0 Å². The second-order valence-corrected chi connectivity index (χ2v) is 4.15. The fourth-order valence-electron chi connectivity index (χ4n) is 1.37. The normalized spacial score (nSPS) is 12.8. The molecule has 9 heteroatoms. The van der Waals surface area contributed by atoms with Crippen molar-refractivity contribution in [1.82, 2.24) is 15.3 Å². The van der Waals surface area contributed by atoms with Crippen LogP contribution in [0.15, 0.2) is 6.07 Å². The van der Waals surface area contributed by atoms with Gasteiger partial charge in [0.25, 0.3) is 0 Å². The summed E-state index contributed by atoms with van der Waals surface area (Å²) in [5, 5.41) is 5.17. The number of rotatable bonds is 5. The molecule has 0 saturated carbocycles. The molecular formula is C11H16F3N5O. The zero-order valence-corrected chi connectivity index (χ0v) is 11.1. The molecule has 0 radical (unpaired) electrons. The molecule has 112 valence electrons. The summed E-state index contributed by atoms with van der Waals surface area (Å²) >= 11 is 0. The molecule has 0 aliphatic carbocycles. The first-order valence-corrected chi connectivity index (χ1v) is 6.00. The van der Waals surface area contributed by atoms with Gasteiger partial charge in [-0.3, -0.25) is 4.79 Å². The van der Waals surface area contributed by atoms with Gasteiger partial charge in [0, 0.05) is 12.6 Å². The molecule has 0 aromatic carbocycles. The minimum Gasteiger partial charge on any atom is -0.368 e. The van der Waals surface area contributed by atoms with Crippen molar-refractivity contribution in [2.75, 3.05) is 17.6 Å². The Balaban J connectivity index is 2.82. The standard InChI is InChI=1S/C11H16F3N5O/c1-3-4-16-9(20)6(2)17-8-5-7(11(12,13)14)18-10(15)19-8/h5-6H,3-4H2,1-2H3,(H,16,20)(H3,15,17,18,19). The van der Waals surface area contributed by atoms with Gasteiger partial charge in [-0.25, -0.2) is 4.98 Å². The van der Waals surface area contributed by atoms with E-state index in [-0.39, 0.29) is 11.7 Å². The average molecular weight is 291 g/mol. The number of amides is 1. The van der Waals surface area contributed by atoms with Crippen LogP contribution in [0.1, 0.15) is 26.0 Å². The first-order chi connectivity index (χ1) is 9.24. The molecule has 1 unspecified atom stereocenters. The fraction of sp³-hybridized carbons (Fsp3) is 0.545. The second kappa shape index (κ2) is 6.40. The Morgan fingerprint density at radius 3 is 2.65 bits per heavy atom. The molecule has 0 aliphatic heterocycles. The van der Waals surface area contributed by atoms with Gasteiger partial charge >= 0.3 is 6.18 Å². The van der Waals surface area contributed by atoms with Gasteiger partial charge in [-0.15, -0.1) is 0 Å². The summed E-state index contributed by atoms with van der Waals surface area (Å²) in [6.45, 7) is 3.89. The number of carbonyl (C=O) groups excluding carboxylic acids is 1. The quantitative estimate of drug-likeness (QED) is 0.762. The van der Waals surface area contributed by atoms with Gasteiger partial charge < -0.3 is 16.4 Å². The zero-order valence-electron chi connectivity index (χ0n) is 11.1. The number of aromatic nitrogens is 2. The number of anilines is 2. The summed E-state index contributed by atoms with van der Waals surface area (Å²) in [7, 11) is 0. The summed E-state index contributed by atoms with van der Waals surface area (Å²) in [4.78, 5) is 18.3. The van der Waals surface area contributed by atoms with E-state index in [4.69, 9.17) is 5.73 Å². The van der Waals surface area contributed by atoms with E-state index in [1.807, 2.05) is 6.92 Å². The van der Waals surface area contributed by atoms with E-state index in [2.05, 4.69) is 20.6 Å². The van der Waals surface area contributed by atoms with E-state index in [0.717, 1.165) is 6.42 Å². The molecule has 0 aliphatic rings. The molecule has 1 aromatic rings. The van der Waals surface area contributed by atoms with Crippen LogP contribution in [0, 0.1) is 0 Å². The van der Waals surface area contributed by atoms with Crippen LogP contribution in [0.4, 0.5) is 24.9 Å². The van der Waals surface area contributed by atoms with Crippen LogP contribution in [-0.4, -0.2) is 28.5 Å². The highest BCUT2D eigenvalue weighted by Gasteiger charge is 2.33. The smallest absolute Gasteiger partial charge is 0.368 e. The molecule has 20 heavy (non-hydrogen) atoms. The molecule has 0 saturated heterocycles. The van der Waals surface area contributed by atoms with Gasteiger partial charge in [0.05, 0.1) is 0 Å². The number of nitrogens with one attached hydrogen (secondary N) is 2. The highest BCUT2D eigenvalue weighted by atomic mass is 19.4. The topological polar surface area (TPSA) is 92.9 Å². The Morgan fingerprint density at radius 1 is 1.45 bits per heavy atom. The van der Waals surface area contributed by atoms with E-state index >= 15 is 0 Å². The monoisotopic (exact) mass is 291 g/mol. The summed E-state index contributed by atoms with van der Waals surface area (Å²) < 4.78 is 37.7. The summed E-state index contributed by atoms with van der Waals surface area (Å²) in [5.74, 6) is -0.995. The lowest BCUT2D eigenvalue weighted by molar-refractivity contribution is -0.141. The van der Waals surface area contributed by atoms with E-state index in [1.165, 1.54) is 6.92 Å². The largest absolute Gasteiger partial charge is 0.433 e. The van der Waals surface area contributed by atoms with Gasteiger partial charge in [-0.1, -0.05) is 6.92 Å². The number of nitrogens with two attached hydrogens (primary N) is 1. The Kier molecular flexibility index (Phi) is 5.12. The van der Waals surface area contributed by atoms with Gasteiger partial charge in [0.1, 0.15) is 11.9 Å². The molecule has 0 fully saturated rings. The van der Waals surface area contributed by atoms with Gasteiger partial charge in [0.2, 0.25) is 11.9 Å². The summed E-state index contributed by atoms with van der Waals surface area (Å²) in [5.41, 5.74) is 4.07. The molecule has 1 amide bonds. The number of hydrogen-bond donors (Lipinski definition) is 3. The van der Waals surface area contributed by atoms with E-state index in [1.54, 1.807) is 0 Å². The van der Waals surface area contributed by atoms with Gasteiger partial charge in [0.15, 0.2) is 5.69 Å². The molecule has 1 heterocycles.